The summed E-state index contributed by atoms with van der Waals surface area (Å²) < 4.78 is 0. The maximum atomic E-state index is 12.4. The predicted octanol–water partition coefficient (Wildman–Crippen LogP) is 6.27. The molecule has 0 fully saturated rings. The molecule has 0 aromatic heterocycles. The van der Waals surface area contributed by atoms with Crippen molar-refractivity contribution >= 4 is 17.3 Å². The molecule has 148 valence electrons. The molecule has 3 aromatic carbocycles. The number of carbonyl (C=O) groups is 1. The Bertz CT molecular complexity index is 1040. The first-order valence-corrected chi connectivity index (χ1v) is 10.3. The van der Waals surface area contributed by atoms with Gasteiger partial charge in [-0.2, -0.15) is 0 Å². The summed E-state index contributed by atoms with van der Waals surface area (Å²) in [6.45, 7) is 7.99. The van der Waals surface area contributed by atoms with Crippen molar-refractivity contribution in [2.24, 2.45) is 0 Å². The SMILES string of the molecule is CC(=O)N1c2ccc(-c3cccc(C)c3)cc2[C@H](Nc2ccc(C)cc2)C[C@@H]1C. The smallest absolute Gasteiger partial charge is 0.224 e. The molecule has 0 saturated heterocycles. The van der Waals surface area contributed by atoms with E-state index in [-0.39, 0.29) is 18.0 Å². The van der Waals surface area contributed by atoms with E-state index in [9.17, 15) is 4.79 Å². The number of nitrogens with one attached hydrogen (secondary N) is 1. The Balaban J connectivity index is 1.78. The third kappa shape index (κ3) is 3.91. The van der Waals surface area contributed by atoms with Gasteiger partial charge in [-0.3, -0.25) is 4.79 Å². The van der Waals surface area contributed by atoms with Crippen molar-refractivity contribution in [2.45, 2.75) is 46.2 Å². The van der Waals surface area contributed by atoms with Gasteiger partial charge in [0.1, 0.15) is 0 Å². The number of rotatable bonds is 3. The summed E-state index contributed by atoms with van der Waals surface area (Å²) in [6.07, 6.45) is 0.873. The zero-order chi connectivity index (χ0) is 20.5. The second-order valence-electron chi connectivity index (χ2n) is 8.18. The molecular weight excluding hydrogens is 356 g/mol. The topological polar surface area (TPSA) is 32.3 Å². The van der Waals surface area contributed by atoms with Gasteiger partial charge in [-0.05, 0) is 68.1 Å². The van der Waals surface area contributed by atoms with Crippen molar-refractivity contribution in [3.05, 3.63) is 83.4 Å². The Morgan fingerprint density at radius 2 is 1.66 bits per heavy atom. The number of nitrogens with zero attached hydrogens (tertiary/aromatic N) is 1. The molecule has 0 aliphatic carbocycles. The van der Waals surface area contributed by atoms with Gasteiger partial charge in [0.2, 0.25) is 5.91 Å². The van der Waals surface area contributed by atoms with Crippen molar-refractivity contribution in [3.8, 4) is 11.1 Å². The predicted molar refractivity (Wildman–Crippen MR) is 121 cm³/mol. The second-order valence-corrected chi connectivity index (χ2v) is 8.18. The van der Waals surface area contributed by atoms with E-state index >= 15 is 0 Å². The van der Waals surface area contributed by atoms with Crippen molar-refractivity contribution in [2.75, 3.05) is 10.2 Å². The highest BCUT2D eigenvalue weighted by molar-refractivity contribution is 5.94. The Morgan fingerprint density at radius 3 is 2.34 bits per heavy atom. The number of benzene rings is 3. The van der Waals surface area contributed by atoms with Gasteiger partial charge in [0.15, 0.2) is 0 Å². The van der Waals surface area contributed by atoms with Gasteiger partial charge in [0.05, 0.1) is 6.04 Å². The number of hydrogen-bond acceptors (Lipinski definition) is 2. The quantitative estimate of drug-likeness (QED) is 0.577. The van der Waals surface area contributed by atoms with Crippen LogP contribution in [0.25, 0.3) is 11.1 Å². The lowest BCUT2D eigenvalue weighted by Gasteiger charge is -2.39. The summed E-state index contributed by atoms with van der Waals surface area (Å²) in [5.74, 6) is 0.0934. The first-order chi connectivity index (χ1) is 13.9. The largest absolute Gasteiger partial charge is 0.378 e. The van der Waals surface area contributed by atoms with E-state index in [0.29, 0.717) is 0 Å². The van der Waals surface area contributed by atoms with Crippen LogP contribution in [0.3, 0.4) is 0 Å². The molecule has 0 radical (unpaired) electrons. The van der Waals surface area contributed by atoms with E-state index < -0.39 is 0 Å². The number of amides is 1. The zero-order valence-corrected chi connectivity index (χ0v) is 17.6. The lowest BCUT2D eigenvalue weighted by Crippen LogP contribution is -2.43. The molecule has 0 saturated carbocycles. The average molecular weight is 385 g/mol. The van der Waals surface area contributed by atoms with Gasteiger partial charge < -0.3 is 10.2 Å². The molecule has 1 N–H and O–H groups in total. The fraction of sp³-hybridized carbons (Fsp3) is 0.269. The minimum Gasteiger partial charge on any atom is -0.378 e. The molecule has 1 heterocycles. The van der Waals surface area contributed by atoms with Crippen LogP contribution in [0.4, 0.5) is 11.4 Å². The van der Waals surface area contributed by atoms with Crippen molar-refractivity contribution in [1.82, 2.24) is 0 Å². The summed E-state index contributed by atoms with van der Waals surface area (Å²) in [7, 11) is 0. The van der Waals surface area contributed by atoms with Gasteiger partial charge in [0.25, 0.3) is 0 Å². The Hall–Kier alpha value is -3.07. The van der Waals surface area contributed by atoms with Crippen molar-refractivity contribution in [1.29, 1.82) is 0 Å². The second kappa shape index (κ2) is 7.75. The third-order valence-electron chi connectivity index (χ3n) is 5.76. The van der Waals surface area contributed by atoms with E-state index in [1.54, 1.807) is 6.92 Å². The van der Waals surface area contributed by atoms with E-state index in [0.717, 1.165) is 17.8 Å². The molecule has 4 rings (SSSR count). The van der Waals surface area contributed by atoms with E-state index in [2.05, 4.69) is 92.8 Å². The molecule has 1 aliphatic heterocycles. The maximum absolute atomic E-state index is 12.4. The number of carbonyl (C=O) groups excluding carboxylic acids is 1. The first kappa shape index (κ1) is 19.3. The average Bonchev–Trinajstić information content (AvgIpc) is 2.69. The highest BCUT2D eigenvalue weighted by Crippen LogP contribution is 2.41. The molecule has 3 nitrogen and oxygen atoms in total. The minimum atomic E-state index is 0.0934. The van der Waals surface area contributed by atoms with Crippen molar-refractivity contribution < 1.29 is 4.79 Å². The fourth-order valence-corrected chi connectivity index (χ4v) is 4.34. The standard InChI is InChI=1S/C26H28N2O/c1-17-8-11-23(12-9-17)27-25-15-19(3)28(20(4)29)26-13-10-22(16-24(25)26)21-7-5-6-18(2)14-21/h5-14,16,19,25,27H,15H2,1-4H3/t19-,25+/m0/s1. The molecule has 29 heavy (non-hydrogen) atoms. The molecule has 0 spiro atoms. The molecule has 3 aromatic rings. The highest BCUT2D eigenvalue weighted by Gasteiger charge is 2.32. The first-order valence-electron chi connectivity index (χ1n) is 10.3. The van der Waals surface area contributed by atoms with Crippen LogP contribution in [0.5, 0.6) is 0 Å². The summed E-state index contributed by atoms with van der Waals surface area (Å²) in [5.41, 5.74) is 8.17. The van der Waals surface area contributed by atoms with Gasteiger partial charge in [-0.1, -0.05) is 53.6 Å². The number of hydrogen-bond donors (Lipinski definition) is 1. The zero-order valence-electron chi connectivity index (χ0n) is 17.6. The van der Waals surface area contributed by atoms with E-state index in [1.807, 2.05) is 4.90 Å². The van der Waals surface area contributed by atoms with Crippen LogP contribution < -0.4 is 10.2 Å². The van der Waals surface area contributed by atoms with Gasteiger partial charge >= 0.3 is 0 Å². The number of anilines is 2. The Labute approximate surface area is 173 Å². The monoisotopic (exact) mass is 384 g/mol. The molecule has 0 unspecified atom stereocenters. The van der Waals surface area contributed by atoms with Crippen LogP contribution in [-0.2, 0) is 4.79 Å². The van der Waals surface area contributed by atoms with Crippen LogP contribution >= 0.6 is 0 Å². The van der Waals surface area contributed by atoms with Crippen LogP contribution in [0, 0.1) is 13.8 Å². The molecule has 3 heteroatoms. The normalized spacial score (nSPS) is 18.3. The van der Waals surface area contributed by atoms with E-state index in [4.69, 9.17) is 0 Å². The molecular formula is C26H28N2O. The van der Waals surface area contributed by atoms with Gasteiger partial charge in [-0.15, -0.1) is 0 Å². The number of aryl methyl sites for hydroxylation is 2. The molecule has 1 aliphatic rings. The lowest BCUT2D eigenvalue weighted by molar-refractivity contribution is -0.117. The van der Waals surface area contributed by atoms with Gasteiger partial charge in [-0.25, -0.2) is 0 Å². The summed E-state index contributed by atoms with van der Waals surface area (Å²) in [5, 5.41) is 3.71. The molecule has 0 bridgehead atoms. The van der Waals surface area contributed by atoms with Crippen LogP contribution in [0.2, 0.25) is 0 Å². The Kier molecular flexibility index (Phi) is 5.14. The van der Waals surface area contributed by atoms with Crippen LogP contribution in [-0.4, -0.2) is 11.9 Å². The van der Waals surface area contributed by atoms with Crippen LogP contribution in [0.1, 0.15) is 43.0 Å². The molecule has 1 amide bonds. The summed E-state index contributed by atoms with van der Waals surface area (Å²) >= 11 is 0. The molecule has 2 atom stereocenters. The van der Waals surface area contributed by atoms with Gasteiger partial charge in [0, 0.05) is 24.3 Å². The van der Waals surface area contributed by atoms with E-state index in [1.165, 1.54) is 27.8 Å². The van der Waals surface area contributed by atoms with Crippen molar-refractivity contribution in [3.63, 3.8) is 0 Å². The summed E-state index contributed by atoms with van der Waals surface area (Å²) in [6, 6.07) is 23.8. The lowest BCUT2D eigenvalue weighted by atomic mass is 9.88. The van der Waals surface area contributed by atoms with Crippen LogP contribution in [0.15, 0.2) is 66.7 Å². The Morgan fingerprint density at radius 1 is 0.931 bits per heavy atom. The summed E-state index contributed by atoms with van der Waals surface area (Å²) in [4.78, 5) is 14.3. The third-order valence-corrected chi connectivity index (χ3v) is 5.76. The maximum Gasteiger partial charge on any atom is 0.224 e. The highest BCUT2D eigenvalue weighted by atomic mass is 16.2. The fourth-order valence-electron chi connectivity index (χ4n) is 4.34. The minimum absolute atomic E-state index is 0.0934. The number of fused-ring (bicyclic) bond motifs is 1.